The average molecular weight is 108 g/mol. The molecule has 0 aromatic carbocycles. The summed E-state index contributed by atoms with van der Waals surface area (Å²) in [5.74, 6) is 3.04. The van der Waals surface area contributed by atoms with Crippen molar-refractivity contribution in [2.24, 2.45) is 17.8 Å². The van der Waals surface area contributed by atoms with Crippen LogP contribution in [0.2, 0.25) is 0 Å². The van der Waals surface area contributed by atoms with Crippen LogP contribution >= 0.6 is 0 Å². The SMILES string of the molecule is C[C@H]1C[C@H]2CC=C[C@H]21. The molecule has 0 nitrogen and oxygen atoms in total. The molecule has 2 aliphatic rings. The largest absolute Gasteiger partial charge is 0.0879 e. The number of rotatable bonds is 0. The van der Waals surface area contributed by atoms with Gasteiger partial charge >= 0.3 is 0 Å². The lowest BCUT2D eigenvalue weighted by Crippen LogP contribution is -2.29. The van der Waals surface area contributed by atoms with E-state index in [9.17, 15) is 0 Å². The van der Waals surface area contributed by atoms with Gasteiger partial charge in [-0.3, -0.25) is 0 Å². The monoisotopic (exact) mass is 108 g/mol. The van der Waals surface area contributed by atoms with Crippen molar-refractivity contribution in [3.63, 3.8) is 0 Å². The van der Waals surface area contributed by atoms with Crippen LogP contribution in [0.5, 0.6) is 0 Å². The molecule has 0 aliphatic heterocycles. The van der Waals surface area contributed by atoms with Gasteiger partial charge < -0.3 is 0 Å². The Morgan fingerprint density at radius 1 is 1.50 bits per heavy atom. The molecule has 0 amide bonds. The smallest absolute Gasteiger partial charge is 0.0176 e. The third kappa shape index (κ3) is 0.410. The van der Waals surface area contributed by atoms with Gasteiger partial charge in [0, 0.05) is 0 Å². The fourth-order valence-corrected chi connectivity index (χ4v) is 2.07. The molecule has 44 valence electrons. The van der Waals surface area contributed by atoms with Gasteiger partial charge in [-0.05, 0) is 30.6 Å². The van der Waals surface area contributed by atoms with Crippen LogP contribution in [0.4, 0.5) is 0 Å². The van der Waals surface area contributed by atoms with Gasteiger partial charge in [0.2, 0.25) is 0 Å². The summed E-state index contributed by atoms with van der Waals surface area (Å²) in [6.45, 7) is 2.36. The van der Waals surface area contributed by atoms with Crippen molar-refractivity contribution in [3.05, 3.63) is 12.2 Å². The lowest BCUT2D eigenvalue weighted by molar-refractivity contribution is 0.148. The maximum atomic E-state index is 2.40. The predicted octanol–water partition coefficient (Wildman–Crippen LogP) is 2.22. The van der Waals surface area contributed by atoms with E-state index in [2.05, 4.69) is 19.1 Å². The van der Waals surface area contributed by atoms with Crippen LogP contribution in [-0.4, -0.2) is 0 Å². The van der Waals surface area contributed by atoms with Crippen molar-refractivity contribution in [2.75, 3.05) is 0 Å². The average Bonchev–Trinajstić information content (AvgIpc) is 2.09. The zero-order chi connectivity index (χ0) is 5.56. The van der Waals surface area contributed by atoms with Crippen LogP contribution in [0.3, 0.4) is 0 Å². The maximum absolute atomic E-state index is 2.40. The maximum Gasteiger partial charge on any atom is -0.0176 e. The highest BCUT2D eigenvalue weighted by Crippen LogP contribution is 2.46. The molecule has 0 heterocycles. The Labute approximate surface area is 50.6 Å². The number of hydrogen-bond donors (Lipinski definition) is 0. The van der Waals surface area contributed by atoms with Crippen LogP contribution in [-0.2, 0) is 0 Å². The molecule has 0 bridgehead atoms. The fraction of sp³-hybridized carbons (Fsp3) is 0.750. The van der Waals surface area contributed by atoms with Crippen LogP contribution in [0.25, 0.3) is 0 Å². The highest BCUT2D eigenvalue weighted by Gasteiger charge is 2.37. The van der Waals surface area contributed by atoms with Crippen molar-refractivity contribution < 1.29 is 0 Å². The zero-order valence-corrected chi connectivity index (χ0v) is 5.30. The van der Waals surface area contributed by atoms with E-state index in [1.54, 1.807) is 0 Å². The fourth-order valence-electron chi connectivity index (χ4n) is 2.07. The summed E-state index contributed by atoms with van der Waals surface area (Å²) >= 11 is 0. The molecule has 0 saturated heterocycles. The highest BCUT2D eigenvalue weighted by molar-refractivity contribution is 5.08. The summed E-state index contributed by atoms with van der Waals surface area (Å²) < 4.78 is 0. The molecule has 1 fully saturated rings. The van der Waals surface area contributed by atoms with E-state index < -0.39 is 0 Å². The molecule has 0 heteroatoms. The minimum absolute atomic E-state index is 0.981. The summed E-state index contributed by atoms with van der Waals surface area (Å²) in [6, 6.07) is 0. The predicted molar refractivity (Wildman–Crippen MR) is 34.5 cm³/mol. The van der Waals surface area contributed by atoms with E-state index in [-0.39, 0.29) is 0 Å². The number of allylic oxidation sites excluding steroid dienone is 2. The first-order valence-electron chi connectivity index (χ1n) is 3.54. The summed E-state index contributed by atoms with van der Waals surface area (Å²) in [4.78, 5) is 0. The molecule has 2 aliphatic carbocycles. The Hall–Kier alpha value is -0.260. The lowest BCUT2D eigenvalue weighted by atomic mass is 9.68. The summed E-state index contributed by atoms with van der Waals surface area (Å²) in [6.07, 6.45) is 7.60. The summed E-state index contributed by atoms with van der Waals surface area (Å²) in [7, 11) is 0. The van der Waals surface area contributed by atoms with E-state index >= 15 is 0 Å². The third-order valence-electron chi connectivity index (χ3n) is 2.67. The number of fused-ring (bicyclic) bond motifs is 1. The van der Waals surface area contributed by atoms with Gasteiger partial charge in [0.25, 0.3) is 0 Å². The van der Waals surface area contributed by atoms with Gasteiger partial charge in [-0.1, -0.05) is 19.1 Å². The summed E-state index contributed by atoms with van der Waals surface area (Å²) in [5.41, 5.74) is 0. The van der Waals surface area contributed by atoms with Gasteiger partial charge in [-0.15, -0.1) is 0 Å². The van der Waals surface area contributed by atoms with Crippen molar-refractivity contribution in [1.82, 2.24) is 0 Å². The first kappa shape index (κ1) is 4.60. The Kier molecular flexibility index (Phi) is 0.787. The van der Waals surface area contributed by atoms with E-state index in [1.165, 1.54) is 12.8 Å². The third-order valence-corrected chi connectivity index (χ3v) is 2.67. The topological polar surface area (TPSA) is 0 Å². The summed E-state index contributed by atoms with van der Waals surface area (Å²) in [5, 5.41) is 0. The lowest BCUT2D eigenvalue weighted by Gasteiger charge is -2.37. The standard InChI is InChI=1S/C8H12/c1-6-5-7-3-2-4-8(6)7/h2,4,6-8H,3,5H2,1H3/t6-,7+,8-/m0/s1. The Morgan fingerprint density at radius 2 is 2.38 bits per heavy atom. The van der Waals surface area contributed by atoms with Crippen molar-refractivity contribution in [3.8, 4) is 0 Å². The van der Waals surface area contributed by atoms with E-state index in [4.69, 9.17) is 0 Å². The molecular weight excluding hydrogens is 96.1 g/mol. The molecule has 1 saturated carbocycles. The van der Waals surface area contributed by atoms with E-state index in [0.29, 0.717) is 0 Å². The van der Waals surface area contributed by atoms with E-state index in [0.717, 1.165) is 17.8 Å². The normalized spacial score (nSPS) is 50.9. The van der Waals surface area contributed by atoms with Crippen molar-refractivity contribution in [2.45, 2.75) is 19.8 Å². The highest BCUT2D eigenvalue weighted by atomic mass is 14.4. The van der Waals surface area contributed by atoms with Gasteiger partial charge in [-0.2, -0.15) is 0 Å². The molecule has 0 aromatic heterocycles. The van der Waals surface area contributed by atoms with Gasteiger partial charge in [-0.25, -0.2) is 0 Å². The zero-order valence-electron chi connectivity index (χ0n) is 5.30. The minimum atomic E-state index is 0.981. The molecule has 3 atom stereocenters. The Morgan fingerprint density at radius 3 is 2.88 bits per heavy atom. The van der Waals surface area contributed by atoms with Crippen molar-refractivity contribution >= 4 is 0 Å². The number of hydrogen-bond acceptors (Lipinski definition) is 0. The minimum Gasteiger partial charge on any atom is -0.0879 e. The second-order valence-electron chi connectivity index (χ2n) is 3.21. The van der Waals surface area contributed by atoms with Crippen LogP contribution in [0.1, 0.15) is 19.8 Å². The molecule has 0 spiro atoms. The van der Waals surface area contributed by atoms with E-state index in [1.807, 2.05) is 0 Å². The molecule has 0 radical (unpaired) electrons. The van der Waals surface area contributed by atoms with Crippen molar-refractivity contribution in [1.29, 1.82) is 0 Å². The molecular formula is C8H12. The molecule has 2 rings (SSSR count). The quantitative estimate of drug-likeness (QED) is 0.417. The first-order valence-corrected chi connectivity index (χ1v) is 3.54. The van der Waals surface area contributed by atoms with Gasteiger partial charge in [0.1, 0.15) is 0 Å². The van der Waals surface area contributed by atoms with Crippen LogP contribution < -0.4 is 0 Å². The van der Waals surface area contributed by atoms with Crippen LogP contribution in [0, 0.1) is 17.8 Å². The Balaban J connectivity index is 2.10. The first-order chi connectivity index (χ1) is 3.88. The molecule has 0 N–H and O–H groups in total. The van der Waals surface area contributed by atoms with Gasteiger partial charge in [0.05, 0.1) is 0 Å². The molecule has 8 heavy (non-hydrogen) atoms. The second-order valence-corrected chi connectivity index (χ2v) is 3.21. The van der Waals surface area contributed by atoms with Crippen LogP contribution in [0.15, 0.2) is 12.2 Å². The van der Waals surface area contributed by atoms with Gasteiger partial charge in [0.15, 0.2) is 0 Å². The Bertz CT molecular complexity index is 124. The molecule has 0 unspecified atom stereocenters. The molecule has 0 aromatic rings. The second kappa shape index (κ2) is 1.37.